The quantitative estimate of drug-likeness (QED) is 0.195. The Labute approximate surface area is 231 Å². The molecule has 0 spiro atoms. The van der Waals surface area contributed by atoms with E-state index in [0.717, 1.165) is 5.01 Å². The van der Waals surface area contributed by atoms with Crippen LogP contribution in [0.15, 0.2) is 42.5 Å². The summed E-state index contributed by atoms with van der Waals surface area (Å²) in [6.07, 6.45) is 6.22. The molecule has 0 aromatic carbocycles. The lowest BCUT2D eigenvalue weighted by Crippen LogP contribution is -2.25. The molecule has 0 saturated heterocycles. The molecule has 0 bridgehead atoms. The minimum atomic E-state index is -3.72. The van der Waals surface area contributed by atoms with Gasteiger partial charge in [0, 0.05) is 30.3 Å². The van der Waals surface area contributed by atoms with Crippen molar-refractivity contribution in [2.45, 2.75) is 73.1 Å². The largest absolute Gasteiger partial charge is 0.396 e. The molecule has 0 aliphatic carbocycles. The van der Waals surface area contributed by atoms with Gasteiger partial charge in [-0.15, -0.1) is 11.3 Å². The summed E-state index contributed by atoms with van der Waals surface area (Å²) in [7, 11) is -3.72. The lowest BCUT2D eigenvalue weighted by atomic mass is 9.98. The smallest absolute Gasteiger partial charge is 0.232 e. The Hall–Kier alpha value is -2.63. The van der Waals surface area contributed by atoms with E-state index in [1.807, 2.05) is 41.5 Å². The number of anilines is 1. The van der Waals surface area contributed by atoms with Gasteiger partial charge < -0.3 is 10.4 Å². The van der Waals surface area contributed by atoms with Gasteiger partial charge in [0.2, 0.25) is 16.0 Å². The van der Waals surface area contributed by atoms with Crippen LogP contribution in [-0.2, 0) is 15.4 Å². The average molecular weight is 568 g/mol. The van der Waals surface area contributed by atoms with Crippen LogP contribution in [0, 0.1) is 0 Å². The van der Waals surface area contributed by atoms with Crippen LogP contribution in [-0.4, -0.2) is 47.4 Å². The first-order chi connectivity index (χ1) is 17.9. The molecule has 0 fully saturated rings. The first kappa shape index (κ1) is 33.4. The molecule has 0 aliphatic rings. The molecular formula is C27H42FN5O3S2. The summed E-state index contributed by atoms with van der Waals surface area (Å²) >= 11 is 1.38. The van der Waals surface area contributed by atoms with Crippen molar-refractivity contribution in [2.24, 2.45) is 0 Å². The molecule has 0 aliphatic heterocycles. The Morgan fingerprint density at radius 1 is 1.24 bits per heavy atom. The zero-order valence-corrected chi connectivity index (χ0v) is 25.2. The molecular weight excluding hydrogens is 525 g/mol. The number of aliphatic hydroxyl groups is 1. The lowest BCUT2D eigenvalue weighted by Gasteiger charge is -2.14. The molecule has 0 saturated carbocycles. The molecule has 38 heavy (non-hydrogen) atoms. The first-order valence-corrected chi connectivity index (χ1v) is 15.4. The number of nitrogens with zero attached hydrogens (tertiary/aromatic N) is 3. The molecule has 8 nitrogen and oxygen atoms in total. The minimum absolute atomic E-state index is 0.0416. The topological polar surface area (TPSA) is 117 Å². The second kappa shape index (κ2) is 15.7. The summed E-state index contributed by atoms with van der Waals surface area (Å²) < 4.78 is 43.0. The number of sulfonamides is 1. The van der Waals surface area contributed by atoms with Gasteiger partial charge in [-0.3, -0.25) is 4.72 Å². The summed E-state index contributed by atoms with van der Waals surface area (Å²) in [4.78, 5) is 14.1. The maximum Gasteiger partial charge on any atom is 0.232 e. The Morgan fingerprint density at radius 3 is 2.50 bits per heavy atom. The summed E-state index contributed by atoms with van der Waals surface area (Å²) in [6.45, 7) is 18.1. The van der Waals surface area contributed by atoms with Gasteiger partial charge in [0.1, 0.15) is 0 Å². The second-order valence-corrected chi connectivity index (χ2v) is 12.0. The predicted octanol–water partition coefficient (Wildman–Crippen LogP) is 6.21. The Balaban J connectivity index is 0.00000352. The Kier molecular flexibility index (Phi) is 13.8. The standard InChI is InChI=1S/C25H36FN5O3S2.C2H6/c1-7-9-11-18(31-36(33,34)16-8-2)20(26)17(3)21-22(35-23(30-21)25(4,5)6)19-12-14-28-24(29-19)27-13-10-15-32;1-2/h9,11-12,14,31-32H,3,7-8,10,13,15-16H2,1-2,4-6H3,(H,27,28,29);1-2H3/b11-9-,20-18-;. The molecule has 3 N–H and O–H groups in total. The van der Waals surface area contributed by atoms with Crippen molar-refractivity contribution in [3.8, 4) is 10.6 Å². The van der Waals surface area contributed by atoms with Gasteiger partial charge in [-0.25, -0.2) is 27.8 Å². The third kappa shape index (κ3) is 9.92. The van der Waals surface area contributed by atoms with Crippen LogP contribution in [0.2, 0.25) is 0 Å². The Morgan fingerprint density at radius 2 is 1.92 bits per heavy atom. The SMILES string of the molecule is C=C(/C(F)=C(\C=C/CC)NS(=O)(=O)CCC)c1nc(C(C)(C)C)sc1-c1ccnc(NCCCO)n1.CC. The summed E-state index contributed by atoms with van der Waals surface area (Å²) in [5, 5.41) is 12.8. The van der Waals surface area contributed by atoms with E-state index in [4.69, 9.17) is 10.1 Å². The summed E-state index contributed by atoms with van der Waals surface area (Å²) in [5.41, 5.74) is 0.284. The van der Waals surface area contributed by atoms with Gasteiger partial charge in [-0.05, 0) is 31.4 Å². The number of hydrogen-bond donors (Lipinski definition) is 3. The van der Waals surface area contributed by atoms with Crippen molar-refractivity contribution in [3.05, 3.63) is 53.2 Å². The molecule has 212 valence electrons. The number of aromatic nitrogens is 3. The van der Waals surface area contributed by atoms with Crippen LogP contribution in [0.3, 0.4) is 0 Å². The van der Waals surface area contributed by atoms with Crippen molar-refractivity contribution < 1.29 is 17.9 Å². The number of rotatable bonds is 13. The van der Waals surface area contributed by atoms with E-state index in [1.165, 1.54) is 17.4 Å². The van der Waals surface area contributed by atoms with Gasteiger partial charge in [-0.2, -0.15) is 0 Å². The van der Waals surface area contributed by atoms with Crippen LogP contribution in [0.4, 0.5) is 10.3 Å². The van der Waals surface area contributed by atoms with Crippen molar-refractivity contribution in [1.29, 1.82) is 0 Å². The van der Waals surface area contributed by atoms with E-state index in [1.54, 1.807) is 25.3 Å². The van der Waals surface area contributed by atoms with E-state index in [-0.39, 0.29) is 29.0 Å². The average Bonchev–Trinajstić information content (AvgIpc) is 3.33. The molecule has 0 radical (unpaired) electrons. The van der Waals surface area contributed by atoms with E-state index >= 15 is 4.39 Å². The van der Waals surface area contributed by atoms with E-state index < -0.39 is 15.9 Å². The Bertz CT molecular complexity index is 1220. The summed E-state index contributed by atoms with van der Waals surface area (Å²) in [6, 6.07) is 1.71. The molecule has 2 rings (SSSR count). The van der Waals surface area contributed by atoms with Crippen LogP contribution in [0.5, 0.6) is 0 Å². The maximum atomic E-state index is 15.8. The molecule has 2 aromatic heterocycles. The number of nitrogens with one attached hydrogen (secondary N) is 2. The lowest BCUT2D eigenvalue weighted by molar-refractivity contribution is 0.292. The number of hydrogen-bond acceptors (Lipinski definition) is 8. The monoisotopic (exact) mass is 567 g/mol. The third-order valence-electron chi connectivity index (χ3n) is 4.82. The highest BCUT2D eigenvalue weighted by Gasteiger charge is 2.27. The van der Waals surface area contributed by atoms with Crippen molar-refractivity contribution in [2.75, 3.05) is 24.2 Å². The fraction of sp³-hybridized carbons (Fsp3) is 0.519. The zero-order valence-electron chi connectivity index (χ0n) is 23.6. The van der Waals surface area contributed by atoms with Gasteiger partial charge in [0.15, 0.2) is 5.83 Å². The number of thiazole rings is 1. The second-order valence-electron chi connectivity index (χ2n) is 9.15. The van der Waals surface area contributed by atoms with Crippen LogP contribution in [0.25, 0.3) is 16.1 Å². The van der Waals surface area contributed by atoms with Gasteiger partial charge in [-0.1, -0.05) is 61.1 Å². The highest BCUT2D eigenvalue weighted by molar-refractivity contribution is 7.89. The van der Waals surface area contributed by atoms with Crippen molar-refractivity contribution in [1.82, 2.24) is 19.7 Å². The minimum Gasteiger partial charge on any atom is -0.396 e. The maximum absolute atomic E-state index is 15.8. The molecule has 2 aromatic rings. The highest BCUT2D eigenvalue weighted by Crippen LogP contribution is 2.40. The van der Waals surface area contributed by atoms with E-state index in [0.29, 0.717) is 48.0 Å². The number of aliphatic hydroxyl groups excluding tert-OH is 1. The van der Waals surface area contributed by atoms with Crippen molar-refractivity contribution in [3.63, 3.8) is 0 Å². The predicted molar refractivity (Wildman–Crippen MR) is 157 cm³/mol. The molecule has 11 heteroatoms. The van der Waals surface area contributed by atoms with E-state index in [2.05, 4.69) is 26.6 Å². The van der Waals surface area contributed by atoms with E-state index in [9.17, 15) is 8.42 Å². The fourth-order valence-corrected chi connectivity index (χ4v) is 5.26. The van der Waals surface area contributed by atoms with Crippen LogP contribution < -0.4 is 10.0 Å². The molecule has 0 amide bonds. The molecule has 0 unspecified atom stereocenters. The first-order valence-electron chi connectivity index (χ1n) is 12.9. The highest BCUT2D eigenvalue weighted by atomic mass is 32.2. The van der Waals surface area contributed by atoms with Gasteiger partial charge in [0.05, 0.1) is 32.7 Å². The summed E-state index contributed by atoms with van der Waals surface area (Å²) in [5.74, 6) is -0.556. The van der Waals surface area contributed by atoms with Crippen molar-refractivity contribution >= 4 is 32.9 Å². The van der Waals surface area contributed by atoms with Crippen LogP contribution in [0.1, 0.15) is 78.4 Å². The normalized spacial score (nSPS) is 12.6. The van der Waals surface area contributed by atoms with Gasteiger partial charge in [0.25, 0.3) is 0 Å². The molecule has 0 atom stereocenters. The third-order valence-corrected chi connectivity index (χ3v) is 7.80. The zero-order chi connectivity index (χ0) is 28.9. The van der Waals surface area contributed by atoms with Gasteiger partial charge >= 0.3 is 0 Å². The van der Waals surface area contributed by atoms with Crippen LogP contribution >= 0.6 is 11.3 Å². The fourth-order valence-electron chi connectivity index (χ4n) is 3.01. The number of allylic oxidation sites excluding steroid dienone is 4. The molecule has 2 heterocycles. The number of halogens is 1.